The first kappa shape index (κ1) is 18.7. The number of hydrogen-bond acceptors (Lipinski definition) is 6. The first-order chi connectivity index (χ1) is 14.1. The van der Waals surface area contributed by atoms with Crippen LogP contribution in [-0.4, -0.2) is 21.1 Å². The molecule has 0 atom stereocenters. The molecule has 0 spiro atoms. The molecule has 2 aromatic carbocycles. The summed E-state index contributed by atoms with van der Waals surface area (Å²) in [5.41, 5.74) is 3.56. The fourth-order valence-corrected chi connectivity index (χ4v) is 3.05. The van der Waals surface area contributed by atoms with Gasteiger partial charge in [-0.05, 0) is 57.2 Å². The zero-order chi connectivity index (χ0) is 20.2. The molecule has 0 aliphatic carbocycles. The maximum Gasteiger partial charge on any atom is 0.229 e. The van der Waals surface area contributed by atoms with E-state index in [1.165, 1.54) is 0 Å². The lowest BCUT2D eigenvalue weighted by Gasteiger charge is -2.12. The maximum absolute atomic E-state index is 5.68. The molecule has 0 unspecified atom stereocenters. The van der Waals surface area contributed by atoms with Crippen molar-refractivity contribution in [1.29, 1.82) is 0 Å². The molecule has 6 heteroatoms. The monoisotopic (exact) mass is 385 g/mol. The van der Waals surface area contributed by atoms with Crippen LogP contribution < -0.4 is 15.4 Å². The van der Waals surface area contributed by atoms with Crippen molar-refractivity contribution in [2.45, 2.75) is 26.9 Å². The average Bonchev–Trinajstić information content (AvgIpc) is 2.69. The molecule has 0 bridgehead atoms. The highest BCUT2D eigenvalue weighted by Gasteiger charge is 2.07. The normalized spacial score (nSPS) is 10.9. The number of pyridine rings is 1. The van der Waals surface area contributed by atoms with Gasteiger partial charge in [0.1, 0.15) is 11.6 Å². The van der Waals surface area contributed by atoms with Gasteiger partial charge in [0, 0.05) is 29.0 Å². The van der Waals surface area contributed by atoms with E-state index in [0.29, 0.717) is 11.8 Å². The van der Waals surface area contributed by atoms with Crippen LogP contribution >= 0.6 is 0 Å². The fraction of sp³-hybridized carbons (Fsp3) is 0.174. The molecule has 0 aliphatic rings. The number of aromatic nitrogens is 3. The molecule has 6 nitrogen and oxygen atoms in total. The highest BCUT2D eigenvalue weighted by atomic mass is 16.5. The smallest absolute Gasteiger partial charge is 0.229 e. The average molecular weight is 385 g/mol. The van der Waals surface area contributed by atoms with Crippen LogP contribution in [-0.2, 0) is 0 Å². The van der Waals surface area contributed by atoms with Crippen molar-refractivity contribution in [2.24, 2.45) is 0 Å². The van der Waals surface area contributed by atoms with Crippen LogP contribution in [0.2, 0.25) is 0 Å². The minimum atomic E-state index is 0.145. The lowest BCUT2D eigenvalue weighted by molar-refractivity contribution is 0.242. The van der Waals surface area contributed by atoms with Gasteiger partial charge in [-0.1, -0.05) is 18.2 Å². The van der Waals surface area contributed by atoms with Crippen molar-refractivity contribution in [2.75, 3.05) is 10.6 Å². The van der Waals surface area contributed by atoms with E-state index in [9.17, 15) is 0 Å². The number of benzene rings is 2. The van der Waals surface area contributed by atoms with E-state index >= 15 is 0 Å². The van der Waals surface area contributed by atoms with E-state index < -0.39 is 0 Å². The summed E-state index contributed by atoms with van der Waals surface area (Å²) in [6, 6.07) is 19.7. The summed E-state index contributed by atoms with van der Waals surface area (Å²) in [4.78, 5) is 13.6. The Morgan fingerprint density at radius 1 is 0.897 bits per heavy atom. The highest BCUT2D eigenvalue weighted by molar-refractivity contribution is 5.91. The highest BCUT2D eigenvalue weighted by Crippen LogP contribution is 2.25. The predicted molar refractivity (Wildman–Crippen MR) is 117 cm³/mol. The number of ether oxygens (including phenoxy) is 1. The maximum atomic E-state index is 5.68. The number of fused-ring (bicyclic) bond motifs is 1. The summed E-state index contributed by atoms with van der Waals surface area (Å²) in [5.74, 6) is 2.07. The molecular weight excluding hydrogens is 362 g/mol. The molecule has 4 rings (SSSR count). The van der Waals surface area contributed by atoms with Gasteiger partial charge in [-0.25, -0.2) is 4.98 Å². The zero-order valence-corrected chi connectivity index (χ0v) is 16.7. The van der Waals surface area contributed by atoms with Crippen LogP contribution in [0.25, 0.3) is 10.9 Å². The van der Waals surface area contributed by atoms with E-state index in [-0.39, 0.29) is 6.10 Å². The molecule has 0 saturated heterocycles. The third kappa shape index (κ3) is 4.60. The Morgan fingerprint density at radius 3 is 2.48 bits per heavy atom. The van der Waals surface area contributed by atoms with E-state index in [4.69, 9.17) is 4.74 Å². The molecule has 0 fully saturated rings. The lowest BCUT2D eigenvalue weighted by Crippen LogP contribution is -2.05. The molecule has 0 radical (unpaired) electrons. The molecule has 2 N–H and O–H groups in total. The third-order valence-corrected chi connectivity index (χ3v) is 4.23. The molecule has 2 aromatic heterocycles. The summed E-state index contributed by atoms with van der Waals surface area (Å²) in [6.45, 7) is 5.96. The second-order valence-electron chi connectivity index (χ2n) is 7.04. The van der Waals surface area contributed by atoms with Gasteiger partial charge in [-0.3, -0.25) is 4.98 Å². The van der Waals surface area contributed by atoms with Gasteiger partial charge in [0.15, 0.2) is 0 Å². The first-order valence-corrected chi connectivity index (χ1v) is 9.57. The molecule has 0 aliphatic heterocycles. The van der Waals surface area contributed by atoms with Gasteiger partial charge >= 0.3 is 0 Å². The van der Waals surface area contributed by atoms with Gasteiger partial charge in [-0.2, -0.15) is 4.98 Å². The number of nitrogens with one attached hydrogen (secondary N) is 2. The van der Waals surface area contributed by atoms with Crippen molar-refractivity contribution in [3.63, 3.8) is 0 Å². The van der Waals surface area contributed by atoms with Gasteiger partial charge in [-0.15, -0.1) is 0 Å². The van der Waals surface area contributed by atoms with Gasteiger partial charge in [0.25, 0.3) is 0 Å². The molecule has 4 aromatic rings. The third-order valence-electron chi connectivity index (χ3n) is 4.23. The van der Waals surface area contributed by atoms with Crippen molar-refractivity contribution < 1.29 is 4.74 Å². The number of aryl methyl sites for hydroxylation is 1. The van der Waals surface area contributed by atoms with Crippen LogP contribution in [0.4, 0.5) is 23.1 Å². The second kappa shape index (κ2) is 8.14. The Kier molecular flexibility index (Phi) is 5.24. The van der Waals surface area contributed by atoms with Crippen LogP contribution in [0.1, 0.15) is 19.5 Å². The number of rotatable bonds is 6. The van der Waals surface area contributed by atoms with Crippen molar-refractivity contribution >= 4 is 34.0 Å². The number of para-hydroxylation sites is 1. The number of hydrogen-bond donors (Lipinski definition) is 2. The number of nitrogens with zero attached hydrogens (tertiary/aromatic N) is 3. The summed E-state index contributed by atoms with van der Waals surface area (Å²) in [7, 11) is 0. The minimum Gasteiger partial charge on any atom is -0.491 e. The lowest BCUT2D eigenvalue weighted by atomic mass is 10.2. The molecule has 0 amide bonds. The Hall–Kier alpha value is -3.67. The second-order valence-corrected chi connectivity index (χ2v) is 7.04. The predicted octanol–water partition coefficient (Wildman–Crippen LogP) is 5.61. The number of anilines is 4. The van der Waals surface area contributed by atoms with Gasteiger partial charge in [0.2, 0.25) is 5.95 Å². The Balaban J connectivity index is 1.56. The van der Waals surface area contributed by atoms with Crippen molar-refractivity contribution in [1.82, 2.24) is 15.0 Å². The van der Waals surface area contributed by atoms with Crippen molar-refractivity contribution in [3.05, 3.63) is 72.6 Å². The van der Waals surface area contributed by atoms with Gasteiger partial charge in [0.05, 0.1) is 17.3 Å². The van der Waals surface area contributed by atoms with Crippen LogP contribution in [0.3, 0.4) is 0 Å². The zero-order valence-electron chi connectivity index (χ0n) is 16.7. The Labute approximate surface area is 170 Å². The summed E-state index contributed by atoms with van der Waals surface area (Å²) < 4.78 is 5.68. The standard InChI is InChI=1S/C23H23N5O/c1-15(2)29-19-11-9-18(10-12-19)26-23-25-16(3)14-21(28-23)27-20-8-4-6-17-7-5-13-24-22(17)20/h4-15H,1-3H3,(H2,25,26,27,28). The Bertz CT molecular complexity index is 1120. The topological polar surface area (TPSA) is 72.0 Å². The quantitative estimate of drug-likeness (QED) is 0.450. The van der Waals surface area contributed by atoms with Crippen LogP contribution in [0.15, 0.2) is 66.9 Å². The molecule has 29 heavy (non-hydrogen) atoms. The van der Waals surface area contributed by atoms with Crippen LogP contribution in [0, 0.1) is 6.92 Å². The molecule has 146 valence electrons. The van der Waals surface area contributed by atoms with E-state index in [0.717, 1.165) is 33.7 Å². The van der Waals surface area contributed by atoms with Crippen LogP contribution in [0.5, 0.6) is 5.75 Å². The summed E-state index contributed by atoms with van der Waals surface area (Å²) in [5, 5.41) is 7.70. The summed E-state index contributed by atoms with van der Waals surface area (Å²) in [6.07, 6.45) is 1.93. The van der Waals surface area contributed by atoms with Crippen molar-refractivity contribution in [3.8, 4) is 5.75 Å². The SMILES string of the molecule is Cc1cc(Nc2cccc3cccnc23)nc(Nc2ccc(OC(C)C)cc2)n1. The first-order valence-electron chi connectivity index (χ1n) is 9.57. The molecule has 0 saturated carbocycles. The van der Waals surface area contributed by atoms with E-state index in [1.807, 2.05) is 81.4 Å². The molecule has 2 heterocycles. The fourth-order valence-electron chi connectivity index (χ4n) is 3.05. The largest absolute Gasteiger partial charge is 0.491 e. The van der Waals surface area contributed by atoms with E-state index in [1.54, 1.807) is 6.20 Å². The van der Waals surface area contributed by atoms with Gasteiger partial charge < -0.3 is 15.4 Å². The summed E-state index contributed by atoms with van der Waals surface area (Å²) >= 11 is 0. The molecular formula is C23H23N5O. The minimum absolute atomic E-state index is 0.145. The Morgan fingerprint density at radius 2 is 1.69 bits per heavy atom. The van der Waals surface area contributed by atoms with E-state index in [2.05, 4.69) is 25.6 Å².